The van der Waals surface area contributed by atoms with Gasteiger partial charge in [0.05, 0.1) is 16.3 Å². The molecule has 0 saturated carbocycles. The molecule has 9 nitrogen and oxygen atoms in total. The van der Waals surface area contributed by atoms with Crippen molar-refractivity contribution in [1.82, 2.24) is 18.9 Å². The van der Waals surface area contributed by atoms with Gasteiger partial charge in [0, 0.05) is 10.0 Å². The number of halogens is 2. The largest absolute Gasteiger partial charge is 0.367 e. The van der Waals surface area contributed by atoms with Gasteiger partial charge in [-0.1, -0.05) is 23.2 Å². The molecule has 13 heteroatoms. The Morgan fingerprint density at radius 3 is 1.93 bits per heavy atom. The van der Waals surface area contributed by atoms with Gasteiger partial charge in [-0.05, 0) is 48.5 Å². The summed E-state index contributed by atoms with van der Waals surface area (Å²) in [7, 11) is -7.98. The fraction of sp³-hybridized carbons (Fsp3) is 0.0667. The first-order valence-electron chi connectivity index (χ1n) is 7.57. The van der Waals surface area contributed by atoms with Gasteiger partial charge in [0.25, 0.3) is 10.0 Å². The van der Waals surface area contributed by atoms with Gasteiger partial charge in [-0.2, -0.15) is 13.4 Å². The minimum Gasteiger partial charge on any atom is -0.367 e. The highest BCUT2D eigenvalue weighted by Gasteiger charge is 2.23. The Labute approximate surface area is 171 Å². The molecule has 2 aromatic carbocycles. The van der Waals surface area contributed by atoms with E-state index in [0.29, 0.717) is 14.1 Å². The Bertz CT molecular complexity index is 1210. The van der Waals surface area contributed by atoms with Crippen molar-refractivity contribution in [2.24, 2.45) is 0 Å². The lowest BCUT2D eigenvalue weighted by Gasteiger charge is -2.05. The van der Waals surface area contributed by atoms with E-state index in [1.54, 1.807) is 0 Å². The molecule has 28 heavy (non-hydrogen) atoms. The summed E-state index contributed by atoms with van der Waals surface area (Å²) in [5, 5.41) is 4.55. The molecule has 0 spiro atoms. The SMILES string of the molecule is Nc1nc(CNS(=O)(=O)c2ccc(Cl)cc2)nn1S(=O)(=O)c1ccc(Cl)cc1. The van der Waals surface area contributed by atoms with E-state index in [9.17, 15) is 16.8 Å². The molecule has 0 atom stereocenters. The Morgan fingerprint density at radius 2 is 1.39 bits per heavy atom. The maximum Gasteiger partial charge on any atom is 0.286 e. The van der Waals surface area contributed by atoms with Crippen LogP contribution in [0.15, 0.2) is 58.3 Å². The molecule has 3 rings (SSSR count). The van der Waals surface area contributed by atoms with Crippen LogP contribution >= 0.6 is 23.2 Å². The Kier molecular flexibility index (Phi) is 5.64. The summed E-state index contributed by atoms with van der Waals surface area (Å²) in [5.41, 5.74) is 5.65. The van der Waals surface area contributed by atoms with Crippen LogP contribution in [0.3, 0.4) is 0 Å². The van der Waals surface area contributed by atoms with E-state index < -0.39 is 26.0 Å². The predicted octanol–water partition coefficient (Wildman–Crippen LogP) is 1.88. The average Bonchev–Trinajstić information content (AvgIpc) is 3.02. The van der Waals surface area contributed by atoms with E-state index in [2.05, 4.69) is 14.8 Å². The number of nitrogens with one attached hydrogen (secondary N) is 1. The van der Waals surface area contributed by atoms with Crippen molar-refractivity contribution in [3.05, 3.63) is 64.4 Å². The number of sulfonamides is 1. The van der Waals surface area contributed by atoms with Crippen LogP contribution in [0.5, 0.6) is 0 Å². The molecular weight excluding hydrogens is 449 g/mol. The van der Waals surface area contributed by atoms with Crippen molar-refractivity contribution >= 4 is 49.2 Å². The first kappa shape index (κ1) is 20.6. The Hall–Kier alpha value is -2.18. The van der Waals surface area contributed by atoms with Crippen LogP contribution in [0.4, 0.5) is 5.95 Å². The molecule has 0 radical (unpaired) electrons. The molecular formula is C15H13Cl2N5O4S2. The first-order chi connectivity index (χ1) is 13.1. The zero-order valence-electron chi connectivity index (χ0n) is 14.0. The van der Waals surface area contributed by atoms with Crippen molar-refractivity contribution in [3.8, 4) is 0 Å². The number of hydrogen-bond acceptors (Lipinski definition) is 7. The molecule has 0 aliphatic heterocycles. The smallest absolute Gasteiger partial charge is 0.286 e. The highest BCUT2D eigenvalue weighted by Crippen LogP contribution is 2.19. The molecule has 0 fully saturated rings. The minimum atomic E-state index is -4.11. The number of aromatic nitrogens is 3. The van der Waals surface area contributed by atoms with Crippen LogP contribution in [0.25, 0.3) is 0 Å². The third-order valence-electron chi connectivity index (χ3n) is 3.53. The molecule has 148 valence electrons. The van der Waals surface area contributed by atoms with Crippen molar-refractivity contribution in [1.29, 1.82) is 0 Å². The number of benzene rings is 2. The summed E-state index contributed by atoms with van der Waals surface area (Å²) in [6.45, 7) is -0.363. The molecule has 1 heterocycles. The van der Waals surface area contributed by atoms with Gasteiger partial charge in [0.1, 0.15) is 0 Å². The topological polar surface area (TPSA) is 137 Å². The lowest BCUT2D eigenvalue weighted by Crippen LogP contribution is -2.24. The molecule has 3 aromatic rings. The number of nitrogen functional groups attached to an aromatic ring is 1. The molecule has 0 aliphatic carbocycles. The zero-order chi connectivity index (χ0) is 20.5. The third-order valence-corrected chi connectivity index (χ3v) is 7.04. The molecule has 0 bridgehead atoms. The standard InChI is InChI=1S/C15H13Cl2N5O4S2/c16-10-1-5-12(6-2-10)27(23,24)19-9-14-20-15(18)22(21-14)28(25,26)13-7-3-11(17)4-8-13/h1-8,19H,9H2,(H2,18,20,21). The maximum atomic E-state index is 12.6. The number of nitrogens with two attached hydrogens (primary N) is 1. The quantitative estimate of drug-likeness (QED) is 0.571. The summed E-state index contributed by atoms with van der Waals surface area (Å²) >= 11 is 11.5. The lowest BCUT2D eigenvalue weighted by molar-refractivity contribution is 0.577. The number of hydrogen-bond donors (Lipinski definition) is 2. The van der Waals surface area contributed by atoms with Crippen LogP contribution in [0.1, 0.15) is 5.82 Å². The Morgan fingerprint density at radius 1 is 0.893 bits per heavy atom. The summed E-state index contributed by atoms with van der Waals surface area (Å²) in [5.74, 6) is -0.525. The highest BCUT2D eigenvalue weighted by atomic mass is 35.5. The van der Waals surface area contributed by atoms with Gasteiger partial charge in [-0.15, -0.1) is 9.19 Å². The number of anilines is 1. The number of nitrogens with zero attached hydrogens (tertiary/aromatic N) is 3. The molecule has 1 aromatic heterocycles. The van der Waals surface area contributed by atoms with Crippen LogP contribution in [0.2, 0.25) is 10.0 Å². The predicted molar refractivity (Wildman–Crippen MR) is 104 cm³/mol. The fourth-order valence-corrected chi connectivity index (χ4v) is 4.57. The third kappa shape index (κ3) is 4.28. The van der Waals surface area contributed by atoms with Crippen LogP contribution in [0, 0.1) is 0 Å². The van der Waals surface area contributed by atoms with Crippen molar-refractivity contribution in [3.63, 3.8) is 0 Å². The van der Waals surface area contributed by atoms with E-state index in [1.807, 2.05) is 0 Å². The van der Waals surface area contributed by atoms with Gasteiger partial charge in [0.15, 0.2) is 5.82 Å². The van der Waals surface area contributed by atoms with Crippen LogP contribution in [-0.4, -0.2) is 31.0 Å². The second-order valence-electron chi connectivity index (χ2n) is 5.47. The first-order valence-corrected chi connectivity index (χ1v) is 11.3. The van der Waals surface area contributed by atoms with E-state index in [-0.39, 0.29) is 22.2 Å². The number of rotatable bonds is 6. The van der Waals surface area contributed by atoms with E-state index in [4.69, 9.17) is 28.9 Å². The molecule has 0 unspecified atom stereocenters. The van der Waals surface area contributed by atoms with Crippen LogP contribution < -0.4 is 10.5 Å². The highest BCUT2D eigenvalue weighted by molar-refractivity contribution is 7.90. The molecule has 3 N–H and O–H groups in total. The zero-order valence-corrected chi connectivity index (χ0v) is 17.1. The fourth-order valence-electron chi connectivity index (χ4n) is 2.17. The lowest BCUT2D eigenvalue weighted by atomic mass is 10.4. The van der Waals surface area contributed by atoms with E-state index in [0.717, 1.165) is 0 Å². The summed E-state index contributed by atoms with van der Waals surface area (Å²) in [6.07, 6.45) is 0. The van der Waals surface area contributed by atoms with E-state index >= 15 is 0 Å². The normalized spacial score (nSPS) is 12.2. The summed E-state index contributed by atoms with van der Waals surface area (Å²) in [4.78, 5) is 3.70. The summed E-state index contributed by atoms with van der Waals surface area (Å²) < 4.78 is 52.6. The Balaban J connectivity index is 1.82. The van der Waals surface area contributed by atoms with Gasteiger partial charge < -0.3 is 5.73 Å². The van der Waals surface area contributed by atoms with Gasteiger partial charge in [-0.3, -0.25) is 0 Å². The second kappa shape index (κ2) is 7.68. The van der Waals surface area contributed by atoms with Crippen molar-refractivity contribution in [2.45, 2.75) is 16.3 Å². The summed E-state index contributed by atoms with van der Waals surface area (Å²) in [6, 6.07) is 10.9. The average molecular weight is 462 g/mol. The van der Waals surface area contributed by atoms with Gasteiger partial charge >= 0.3 is 0 Å². The molecule has 0 aliphatic rings. The van der Waals surface area contributed by atoms with Gasteiger partial charge in [-0.25, -0.2) is 13.1 Å². The maximum absolute atomic E-state index is 12.6. The van der Waals surface area contributed by atoms with Crippen molar-refractivity contribution < 1.29 is 16.8 Å². The second-order valence-corrected chi connectivity index (χ2v) is 9.87. The molecule has 0 saturated heterocycles. The van der Waals surface area contributed by atoms with Crippen molar-refractivity contribution in [2.75, 3.05) is 5.73 Å². The van der Waals surface area contributed by atoms with Crippen LogP contribution in [-0.2, 0) is 26.6 Å². The monoisotopic (exact) mass is 461 g/mol. The van der Waals surface area contributed by atoms with Gasteiger partial charge in [0.2, 0.25) is 16.0 Å². The van der Waals surface area contributed by atoms with E-state index in [1.165, 1.54) is 48.5 Å². The minimum absolute atomic E-state index is 0.0157. The molecule has 0 amide bonds.